The van der Waals surface area contributed by atoms with Gasteiger partial charge in [0.15, 0.2) is 5.82 Å². The summed E-state index contributed by atoms with van der Waals surface area (Å²) in [5, 5.41) is 13.9. The fourth-order valence-electron chi connectivity index (χ4n) is 5.35. The van der Waals surface area contributed by atoms with E-state index in [2.05, 4.69) is 67.6 Å². The molecule has 6 rings (SSSR count). The molecule has 9 nitrogen and oxygen atoms in total. The molecule has 1 aliphatic heterocycles. The maximum absolute atomic E-state index is 13.5. The van der Waals surface area contributed by atoms with E-state index >= 15 is 0 Å². The third kappa shape index (κ3) is 5.13. The van der Waals surface area contributed by atoms with E-state index in [1.165, 1.54) is 0 Å². The lowest BCUT2D eigenvalue weighted by Gasteiger charge is -2.39. The van der Waals surface area contributed by atoms with Crippen molar-refractivity contribution in [1.29, 1.82) is 0 Å². The Balaban J connectivity index is 1.36. The highest BCUT2D eigenvalue weighted by atomic mass is 16.5. The Morgan fingerprint density at radius 3 is 2.46 bits per heavy atom. The lowest BCUT2D eigenvalue weighted by atomic mass is 10.0. The van der Waals surface area contributed by atoms with Gasteiger partial charge in [-0.05, 0) is 70.8 Å². The number of nitrogens with one attached hydrogen (secondary N) is 1. The molecule has 2 aromatic heterocycles. The molecule has 1 N–H and O–H groups in total. The Morgan fingerprint density at radius 2 is 1.72 bits per heavy atom. The molecule has 198 valence electrons. The summed E-state index contributed by atoms with van der Waals surface area (Å²) in [6, 6.07) is 25.9. The Kier molecular flexibility index (Phi) is 6.81. The van der Waals surface area contributed by atoms with Crippen LogP contribution in [0.3, 0.4) is 0 Å². The zero-order chi connectivity index (χ0) is 26.8. The monoisotopic (exact) mass is 521 g/mol. The number of ether oxygens (including phenoxy) is 1. The highest BCUT2D eigenvalue weighted by molar-refractivity contribution is 5.79. The number of tetrazole rings is 1. The van der Waals surface area contributed by atoms with E-state index in [4.69, 9.17) is 4.74 Å². The van der Waals surface area contributed by atoms with Crippen LogP contribution in [0.1, 0.15) is 28.6 Å². The van der Waals surface area contributed by atoms with Crippen molar-refractivity contribution in [2.24, 2.45) is 0 Å². The molecule has 0 radical (unpaired) electrons. The van der Waals surface area contributed by atoms with Gasteiger partial charge in [0, 0.05) is 42.9 Å². The van der Waals surface area contributed by atoms with Crippen LogP contribution in [0.4, 0.5) is 5.69 Å². The number of methoxy groups -OCH3 is 1. The molecule has 1 atom stereocenters. The number of anilines is 1. The van der Waals surface area contributed by atoms with Crippen LogP contribution in [-0.2, 0) is 6.54 Å². The average Bonchev–Trinajstić information content (AvgIpc) is 3.42. The summed E-state index contributed by atoms with van der Waals surface area (Å²) < 4.78 is 7.13. The summed E-state index contributed by atoms with van der Waals surface area (Å²) in [5.41, 5.74) is 4.73. The van der Waals surface area contributed by atoms with Crippen LogP contribution in [0.25, 0.3) is 10.9 Å². The maximum atomic E-state index is 13.5. The maximum Gasteiger partial charge on any atom is 0.253 e. The summed E-state index contributed by atoms with van der Waals surface area (Å²) in [7, 11) is 1.68. The number of fused-ring (bicyclic) bond motifs is 1. The zero-order valence-corrected chi connectivity index (χ0v) is 22.1. The standard InChI is InChI=1S/C30H31N7O2/c1-21-8-13-27-23(18-21)19-26(30(38)31-27)28(29-32-33-34-37(29)20-22-6-4-3-5-7-22)36-16-14-35(15-17-36)24-9-11-25(39-2)12-10-24/h3-13,18-19,28H,14-17,20H2,1-2H3,(H,31,38)/t28-/m0/s1. The molecule has 5 aromatic rings. The largest absolute Gasteiger partial charge is 0.497 e. The second-order valence-electron chi connectivity index (χ2n) is 9.95. The molecular formula is C30H31N7O2. The minimum atomic E-state index is -0.393. The van der Waals surface area contributed by atoms with E-state index in [-0.39, 0.29) is 5.56 Å². The van der Waals surface area contributed by atoms with Crippen molar-refractivity contribution in [3.05, 3.63) is 112 Å². The average molecular weight is 522 g/mol. The van der Waals surface area contributed by atoms with Gasteiger partial charge in [-0.2, -0.15) is 0 Å². The number of benzene rings is 3. The molecule has 39 heavy (non-hydrogen) atoms. The van der Waals surface area contributed by atoms with Crippen LogP contribution in [0.15, 0.2) is 83.7 Å². The molecule has 3 heterocycles. The zero-order valence-electron chi connectivity index (χ0n) is 22.1. The van der Waals surface area contributed by atoms with Gasteiger partial charge in [0.25, 0.3) is 5.56 Å². The van der Waals surface area contributed by atoms with Gasteiger partial charge in [0.05, 0.1) is 13.7 Å². The van der Waals surface area contributed by atoms with Crippen LogP contribution >= 0.6 is 0 Å². The Hall–Kier alpha value is -4.50. The summed E-state index contributed by atoms with van der Waals surface area (Å²) in [6.07, 6.45) is 0. The number of piperazine rings is 1. The normalized spacial score (nSPS) is 15.0. The van der Waals surface area contributed by atoms with E-state index < -0.39 is 6.04 Å². The van der Waals surface area contributed by atoms with E-state index in [1.54, 1.807) is 7.11 Å². The first kappa shape index (κ1) is 24.8. The summed E-state index contributed by atoms with van der Waals surface area (Å²) >= 11 is 0. The van der Waals surface area contributed by atoms with Gasteiger partial charge >= 0.3 is 0 Å². The Labute approximate surface area is 226 Å². The first-order valence-electron chi connectivity index (χ1n) is 13.2. The van der Waals surface area contributed by atoms with E-state index in [0.29, 0.717) is 17.9 Å². The van der Waals surface area contributed by atoms with Gasteiger partial charge in [-0.15, -0.1) is 5.10 Å². The van der Waals surface area contributed by atoms with Crippen LogP contribution in [0.2, 0.25) is 0 Å². The number of aromatic nitrogens is 5. The molecule has 9 heteroatoms. The second-order valence-corrected chi connectivity index (χ2v) is 9.95. The molecule has 0 unspecified atom stereocenters. The molecule has 0 spiro atoms. The third-order valence-corrected chi connectivity index (χ3v) is 7.42. The SMILES string of the molecule is COc1ccc(N2CCN([C@@H](c3cc4cc(C)ccc4[nH]c3=O)c3nnnn3Cc3ccccc3)CC2)cc1. The van der Waals surface area contributed by atoms with E-state index in [9.17, 15) is 4.79 Å². The summed E-state index contributed by atoms with van der Waals surface area (Å²) in [5.74, 6) is 1.50. The predicted molar refractivity (Wildman–Crippen MR) is 151 cm³/mol. The molecule has 1 aliphatic rings. The molecule has 0 bridgehead atoms. The molecule has 0 aliphatic carbocycles. The number of H-pyrrole nitrogens is 1. The van der Waals surface area contributed by atoms with Gasteiger partial charge in [0.1, 0.15) is 11.8 Å². The number of aromatic amines is 1. The topological polar surface area (TPSA) is 92.2 Å². The minimum Gasteiger partial charge on any atom is -0.497 e. The van der Waals surface area contributed by atoms with Crippen molar-refractivity contribution in [1.82, 2.24) is 30.1 Å². The quantitative estimate of drug-likeness (QED) is 0.348. The summed E-state index contributed by atoms with van der Waals surface area (Å²) in [4.78, 5) is 21.3. The van der Waals surface area contributed by atoms with Crippen LogP contribution < -0.4 is 15.2 Å². The molecule has 1 fully saturated rings. The van der Waals surface area contributed by atoms with Gasteiger partial charge in [-0.25, -0.2) is 4.68 Å². The van der Waals surface area contributed by atoms with Gasteiger partial charge in [-0.1, -0.05) is 42.0 Å². The first-order chi connectivity index (χ1) is 19.1. The van der Waals surface area contributed by atoms with Crippen molar-refractivity contribution >= 4 is 16.6 Å². The van der Waals surface area contributed by atoms with E-state index in [1.807, 2.05) is 53.2 Å². The number of hydrogen-bond donors (Lipinski definition) is 1. The Morgan fingerprint density at radius 1 is 0.949 bits per heavy atom. The number of aryl methyl sites for hydroxylation is 1. The van der Waals surface area contributed by atoms with Crippen molar-refractivity contribution in [3.63, 3.8) is 0 Å². The van der Waals surface area contributed by atoms with Crippen molar-refractivity contribution in [3.8, 4) is 5.75 Å². The molecular weight excluding hydrogens is 490 g/mol. The predicted octanol–water partition coefficient (Wildman–Crippen LogP) is 3.79. The number of rotatable bonds is 7. The summed E-state index contributed by atoms with van der Waals surface area (Å²) in [6.45, 7) is 5.71. The number of pyridine rings is 1. The van der Waals surface area contributed by atoms with Crippen LogP contribution in [-0.4, -0.2) is 63.4 Å². The fourth-order valence-corrected chi connectivity index (χ4v) is 5.35. The highest BCUT2D eigenvalue weighted by Crippen LogP contribution is 2.30. The molecule has 1 saturated heterocycles. The molecule has 3 aromatic carbocycles. The third-order valence-electron chi connectivity index (χ3n) is 7.42. The van der Waals surface area contributed by atoms with Crippen LogP contribution in [0, 0.1) is 6.92 Å². The minimum absolute atomic E-state index is 0.122. The first-order valence-corrected chi connectivity index (χ1v) is 13.2. The molecule has 0 saturated carbocycles. The lowest BCUT2D eigenvalue weighted by Crippen LogP contribution is -2.49. The van der Waals surface area contributed by atoms with Gasteiger partial charge in [-0.3, -0.25) is 9.69 Å². The van der Waals surface area contributed by atoms with Crippen molar-refractivity contribution in [2.45, 2.75) is 19.5 Å². The van der Waals surface area contributed by atoms with Gasteiger partial charge in [0.2, 0.25) is 0 Å². The smallest absolute Gasteiger partial charge is 0.253 e. The highest BCUT2D eigenvalue weighted by Gasteiger charge is 2.33. The van der Waals surface area contributed by atoms with Crippen LogP contribution in [0.5, 0.6) is 5.75 Å². The molecule has 0 amide bonds. The van der Waals surface area contributed by atoms with E-state index in [0.717, 1.165) is 59.6 Å². The number of nitrogens with zero attached hydrogens (tertiary/aromatic N) is 6. The second kappa shape index (κ2) is 10.7. The van der Waals surface area contributed by atoms with Gasteiger partial charge < -0.3 is 14.6 Å². The lowest BCUT2D eigenvalue weighted by molar-refractivity contribution is 0.200. The fraction of sp³-hybridized carbons (Fsp3) is 0.267. The van der Waals surface area contributed by atoms with Crippen molar-refractivity contribution in [2.75, 3.05) is 38.2 Å². The number of hydrogen-bond acceptors (Lipinski definition) is 7. The Bertz CT molecular complexity index is 1620. The van der Waals surface area contributed by atoms with Crippen molar-refractivity contribution < 1.29 is 4.74 Å².